The van der Waals surface area contributed by atoms with Crippen LogP contribution in [-0.4, -0.2) is 18.3 Å². The first-order valence-corrected chi connectivity index (χ1v) is 7.53. The summed E-state index contributed by atoms with van der Waals surface area (Å²) >= 11 is 0. The van der Waals surface area contributed by atoms with Crippen molar-refractivity contribution in [3.05, 3.63) is 59.7 Å². The first-order valence-electron chi connectivity index (χ1n) is 7.53. The number of hydrogen-bond acceptors (Lipinski definition) is 4. The Morgan fingerprint density at radius 3 is 2.26 bits per heavy atom. The molecular weight excluding hydrogens is 290 g/mol. The molecule has 2 aromatic rings. The monoisotopic (exact) mass is 311 g/mol. The Labute approximate surface area is 136 Å². The molecule has 1 N–H and O–H groups in total. The van der Waals surface area contributed by atoms with E-state index in [4.69, 9.17) is 14.6 Å². The van der Waals surface area contributed by atoms with Crippen LogP contribution in [0.5, 0.6) is 11.5 Å². The summed E-state index contributed by atoms with van der Waals surface area (Å²) in [5, 5.41) is 18.2. The average Bonchev–Trinajstić information content (AvgIpc) is 2.59. The van der Waals surface area contributed by atoms with Gasteiger partial charge in [-0.2, -0.15) is 5.26 Å². The third-order valence-electron chi connectivity index (χ3n) is 3.55. The number of nitriles is 1. The predicted octanol–water partition coefficient (Wildman–Crippen LogP) is 3.44. The van der Waals surface area contributed by atoms with Gasteiger partial charge >= 0.3 is 0 Å². The number of ether oxygens (including phenoxy) is 2. The van der Waals surface area contributed by atoms with Crippen LogP contribution in [0.15, 0.2) is 48.5 Å². The summed E-state index contributed by atoms with van der Waals surface area (Å²) in [7, 11) is 0. The Balaban J connectivity index is 2.18. The summed E-state index contributed by atoms with van der Waals surface area (Å²) < 4.78 is 11.4. The number of aliphatic hydroxyl groups excluding tert-OH is 1. The molecule has 2 aromatic carbocycles. The molecule has 0 aromatic heterocycles. The van der Waals surface area contributed by atoms with E-state index in [0.29, 0.717) is 18.1 Å². The molecule has 0 aliphatic heterocycles. The van der Waals surface area contributed by atoms with Gasteiger partial charge in [-0.3, -0.25) is 0 Å². The number of aliphatic hydroxyl groups is 1. The fraction of sp³-hybridized carbons (Fsp3) is 0.316. The highest BCUT2D eigenvalue weighted by Gasteiger charge is 2.23. The molecule has 0 amide bonds. The lowest BCUT2D eigenvalue weighted by Gasteiger charge is -2.20. The summed E-state index contributed by atoms with van der Waals surface area (Å²) in [5.41, 5.74) is 1.35. The van der Waals surface area contributed by atoms with E-state index >= 15 is 0 Å². The van der Waals surface area contributed by atoms with Crippen LogP contribution in [0.3, 0.4) is 0 Å². The smallest absolute Gasteiger partial charge is 0.161 e. The number of hydrogen-bond donors (Lipinski definition) is 1. The van der Waals surface area contributed by atoms with Crippen LogP contribution in [-0.2, 0) is 12.0 Å². The van der Waals surface area contributed by atoms with Crippen molar-refractivity contribution in [1.82, 2.24) is 0 Å². The molecule has 120 valence electrons. The summed E-state index contributed by atoms with van der Waals surface area (Å²) in [4.78, 5) is 0. The van der Waals surface area contributed by atoms with Crippen LogP contribution in [0, 0.1) is 11.3 Å². The molecule has 0 fully saturated rings. The van der Waals surface area contributed by atoms with Crippen LogP contribution in [0.1, 0.15) is 25.0 Å². The second-order valence-corrected chi connectivity index (χ2v) is 5.70. The summed E-state index contributed by atoms with van der Waals surface area (Å²) in [6, 6.07) is 17.5. The largest absolute Gasteiger partial charge is 0.487 e. The Morgan fingerprint density at radius 1 is 1.00 bits per heavy atom. The minimum Gasteiger partial charge on any atom is -0.487 e. The molecule has 0 aliphatic rings. The molecule has 0 atom stereocenters. The Morgan fingerprint density at radius 2 is 1.61 bits per heavy atom. The topological polar surface area (TPSA) is 62.5 Å². The van der Waals surface area contributed by atoms with E-state index in [2.05, 4.69) is 6.07 Å². The summed E-state index contributed by atoms with van der Waals surface area (Å²) in [5.74, 6) is 1.21. The maximum atomic E-state index is 9.36. The minimum atomic E-state index is -0.577. The van der Waals surface area contributed by atoms with Gasteiger partial charge in [0.25, 0.3) is 0 Å². The van der Waals surface area contributed by atoms with E-state index in [1.165, 1.54) is 0 Å². The van der Waals surface area contributed by atoms with E-state index in [1.807, 2.05) is 56.3 Å². The molecule has 0 heterocycles. The normalized spacial score (nSPS) is 10.9. The Bertz CT molecular complexity index is 689. The molecule has 0 aliphatic carbocycles. The third kappa shape index (κ3) is 4.24. The molecule has 0 saturated carbocycles. The lowest BCUT2D eigenvalue weighted by Crippen LogP contribution is -2.17. The number of para-hydroxylation sites is 2. The maximum Gasteiger partial charge on any atom is 0.161 e. The van der Waals surface area contributed by atoms with Gasteiger partial charge in [0, 0.05) is 0 Å². The van der Waals surface area contributed by atoms with Gasteiger partial charge in [0.1, 0.15) is 13.2 Å². The van der Waals surface area contributed by atoms with E-state index in [9.17, 15) is 5.26 Å². The van der Waals surface area contributed by atoms with E-state index in [-0.39, 0.29) is 13.2 Å². The SMILES string of the molecule is CC(C)(C#N)c1ccccc1COc1ccccc1OCCO. The predicted molar refractivity (Wildman–Crippen MR) is 88.4 cm³/mol. The lowest BCUT2D eigenvalue weighted by molar-refractivity contribution is 0.192. The molecule has 2 rings (SSSR count). The molecule has 0 radical (unpaired) electrons. The molecule has 4 heteroatoms. The quantitative estimate of drug-likeness (QED) is 0.851. The van der Waals surface area contributed by atoms with Crippen molar-refractivity contribution < 1.29 is 14.6 Å². The van der Waals surface area contributed by atoms with Crippen LogP contribution in [0.4, 0.5) is 0 Å². The highest BCUT2D eigenvalue weighted by Crippen LogP contribution is 2.30. The molecule has 0 spiro atoms. The van der Waals surface area contributed by atoms with Gasteiger partial charge in [0.05, 0.1) is 18.1 Å². The zero-order chi connectivity index (χ0) is 16.7. The molecule has 0 bridgehead atoms. The van der Waals surface area contributed by atoms with Gasteiger partial charge < -0.3 is 14.6 Å². The van der Waals surface area contributed by atoms with Gasteiger partial charge in [-0.15, -0.1) is 0 Å². The molecular formula is C19H21NO3. The Kier molecular flexibility index (Phi) is 5.61. The first kappa shape index (κ1) is 16.9. The van der Waals surface area contributed by atoms with E-state index in [0.717, 1.165) is 11.1 Å². The van der Waals surface area contributed by atoms with Crippen molar-refractivity contribution in [2.75, 3.05) is 13.2 Å². The number of benzene rings is 2. The van der Waals surface area contributed by atoms with Crippen LogP contribution < -0.4 is 9.47 Å². The highest BCUT2D eigenvalue weighted by molar-refractivity contribution is 5.41. The van der Waals surface area contributed by atoms with Gasteiger partial charge in [0.2, 0.25) is 0 Å². The first-order chi connectivity index (χ1) is 11.1. The van der Waals surface area contributed by atoms with Crippen molar-refractivity contribution >= 4 is 0 Å². The van der Waals surface area contributed by atoms with Crippen molar-refractivity contribution in [3.63, 3.8) is 0 Å². The second kappa shape index (κ2) is 7.66. The Hall–Kier alpha value is -2.51. The standard InChI is InChI=1S/C19H21NO3/c1-19(2,14-20)16-8-4-3-7-15(16)13-23-18-10-6-5-9-17(18)22-12-11-21/h3-10,21H,11-13H2,1-2H3. The van der Waals surface area contributed by atoms with Crippen LogP contribution >= 0.6 is 0 Å². The molecule has 4 nitrogen and oxygen atoms in total. The maximum absolute atomic E-state index is 9.36. The molecule has 23 heavy (non-hydrogen) atoms. The van der Waals surface area contributed by atoms with Gasteiger partial charge in [-0.05, 0) is 37.1 Å². The van der Waals surface area contributed by atoms with Gasteiger partial charge in [-0.1, -0.05) is 36.4 Å². The average molecular weight is 311 g/mol. The lowest BCUT2D eigenvalue weighted by atomic mass is 9.83. The second-order valence-electron chi connectivity index (χ2n) is 5.70. The third-order valence-corrected chi connectivity index (χ3v) is 3.55. The van der Waals surface area contributed by atoms with Gasteiger partial charge in [0.15, 0.2) is 11.5 Å². The summed E-state index contributed by atoms with van der Waals surface area (Å²) in [6.07, 6.45) is 0. The van der Waals surface area contributed by atoms with E-state index in [1.54, 1.807) is 6.07 Å². The zero-order valence-corrected chi connectivity index (χ0v) is 13.5. The van der Waals surface area contributed by atoms with Crippen LogP contribution in [0.25, 0.3) is 0 Å². The number of rotatable bonds is 7. The highest BCUT2D eigenvalue weighted by atomic mass is 16.5. The van der Waals surface area contributed by atoms with Crippen molar-refractivity contribution in [3.8, 4) is 17.6 Å². The van der Waals surface area contributed by atoms with Gasteiger partial charge in [-0.25, -0.2) is 0 Å². The van der Waals surface area contributed by atoms with Crippen molar-refractivity contribution in [2.45, 2.75) is 25.9 Å². The fourth-order valence-corrected chi connectivity index (χ4v) is 2.32. The van der Waals surface area contributed by atoms with E-state index < -0.39 is 5.41 Å². The van der Waals surface area contributed by atoms with Crippen molar-refractivity contribution in [1.29, 1.82) is 5.26 Å². The minimum absolute atomic E-state index is 0.0481. The molecule has 0 saturated heterocycles. The van der Waals surface area contributed by atoms with Crippen LogP contribution in [0.2, 0.25) is 0 Å². The summed E-state index contributed by atoms with van der Waals surface area (Å²) in [6.45, 7) is 4.31. The number of nitrogens with zero attached hydrogens (tertiary/aromatic N) is 1. The molecule has 0 unspecified atom stereocenters. The fourth-order valence-electron chi connectivity index (χ4n) is 2.32. The van der Waals surface area contributed by atoms with Crippen molar-refractivity contribution in [2.24, 2.45) is 0 Å². The zero-order valence-electron chi connectivity index (χ0n) is 13.5.